The van der Waals surface area contributed by atoms with Gasteiger partial charge in [-0.1, -0.05) is 6.57 Å². The van der Waals surface area contributed by atoms with E-state index in [-0.39, 0.29) is 18.3 Å². The lowest BCUT2D eigenvalue weighted by molar-refractivity contribution is -0.142. The highest BCUT2D eigenvalue weighted by molar-refractivity contribution is 5.72. The quantitative estimate of drug-likeness (QED) is 0.672. The largest absolute Gasteiger partial charge is 0.481 e. The Kier molecular flexibility index (Phi) is 4.08. The van der Waals surface area contributed by atoms with Crippen molar-refractivity contribution in [1.82, 2.24) is 4.57 Å². The van der Waals surface area contributed by atoms with Crippen LogP contribution < -0.4 is 0 Å². The molecule has 0 bridgehead atoms. The van der Waals surface area contributed by atoms with Gasteiger partial charge in [0.05, 0.1) is 32.2 Å². The fourth-order valence-corrected chi connectivity index (χ4v) is 2.61. The van der Waals surface area contributed by atoms with Crippen molar-refractivity contribution in [2.45, 2.75) is 32.2 Å². The number of carbonyl (C=O) groups excluding carboxylic acids is 1. The predicted molar refractivity (Wildman–Crippen MR) is 70.5 cm³/mol. The Bertz CT molecular complexity index is 583. The molecule has 0 spiro atoms. The minimum Gasteiger partial charge on any atom is -0.481 e. The summed E-state index contributed by atoms with van der Waals surface area (Å²) in [5, 5.41) is 9.08. The fourth-order valence-electron chi connectivity index (χ4n) is 2.61. The molecule has 0 aliphatic heterocycles. The Morgan fingerprint density at radius 1 is 1.60 bits per heavy atom. The van der Waals surface area contributed by atoms with Gasteiger partial charge in [-0.25, -0.2) is 0 Å². The van der Waals surface area contributed by atoms with E-state index in [1.165, 1.54) is 7.11 Å². The van der Waals surface area contributed by atoms with Crippen LogP contribution in [0.25, 0.3) is 4.85 Å². The van der Waals surface area contributed by atoms with Crippen LogP contribution in [0.5, 0.6) is 0 Å². The second-order valence-corrected chi connectivity index (χ2v) is 4.87. The highest BCUT2D eigenvalue weighted by Gasteiger charge is 2.28. The summed E-state index contributed by atoms with van der Waals surface area (Å²) in [5.41, 5.74) is 1.85. The van der Waals surface area contributed by atoms with Gasteiger partial charge in [-0.2, -0.15) is 0 Å². The van der Waals surface area contributed by atoms with Crippen LogP contribution >= 0.6 is 0 Å². The van der Waals surface area contributed by atoms with Crippen LogP contribution in [0.1, 0.15) is 24.0 Å². The van der Waals surface area contributed by atoms with Crippen molar-refractivity contribution >= 4 is 17.8 Å². The van der Waals surface area contributed by atoms with Crippen LogP contribution in [-0.2, 0) is 33.7 Å². The Hall–Kier alpha value is -2.29. The van der Waals surface area contributed by atoms with Gasteiger partial charge >= 0.3 is 11.9 Å². The first-order valence-corrected chi connectivity index (χ1v) is 6.44. The molecule has 1 atom stereocenters. The molecule has 6 nitrogen and oxygen atoms in total. The average molecular weight is 276 g/mol. The van der Waals surface area contributed by atoms with Gasteiger partial charge in [-0.15, -0.1) is 0 Å². The van der Waals surface area contributed by atoms with Gasteiger partial charge in [-0.3, -0.25) is 14.2 Å². The molecule has 1 heterocycles. The fraction of sp³-hybridized carbons (Fsp3) is 0.500. The van der Waals surface area contributed by atoms with Crippen LogP contribution in [-0.4, -0.2) is 28.7 Å². The maximum atomic E-state index is 11.2. The van der Waals surface area contributed by atoms with Crippen molar-refractivity contribution in [2.75, 3.05) is 7.11 Å². The number of hydrogen-bond acceptors (Lipinski definition) is 3. The molecule has 0 saturated carbocycles. The zero-order valence-electron chi connectivity index (χ0n) is 11.3. The number of nitrogens with zero attached hydrogens (tertiary/aromatic N) is 2. The summed E-state index contributed by atoms with van der Waals surface area (Å²) < 4.78 is 6.32. The van der Waals surface area contributed by atoms with E-state index < -0.39 is 5.97 Å². The van der Waals surface area contributed by atoms with Crippen molar-refractivity contribution < 1.29 is 19.4 Å². The molecule has 1 aliphatic rings. The number of aryl methyl sites for hydroxylation is 1. The lowest BCUT2D eigenvalue weighted by atomic mass is 9.86. The van der Waals surface area contributed by atoms with Gasteiger partial charge in [0.15, 0.2) is 0 Å². The third-order valence-corrected chi connectivity index (χ3v) is 3.69. The zero-order chi connectivity index (χ0) is 14.7. The van der Waals surface area contributed by atoms with Gasteiger partial charge in [0.25, 0.3) is 0 Å². The number of methoxy groups -OCH3 is 1. The second kappa shape index (κ2) is 5.78. The van der Waals surface area contributed by atoms with Gasteiger partial charge in [0.2, 0.25) is 5.82 Å². The Balaban J connectivity index is 2.22. The molecule has 20 heavy (non-hydrogen) atoms. The Morgan fingerprint density at radius 2 is 2.35 bits per heavy atom. The lowest BCUT2D eigenvalue weighted by Gasteiger charge is -2.18. The summed E-state index contributed by atoms with van der Waals surface area (Å²) in [6.45, 7) is 7.66. The molecule has 1 N–H and O–H groups in total. The van der Waals surface area contributed by atoms with E-state index in [9.17, 15) is 9.59 Å². The van der Waals surface area contributed by atoms with E-state index in [0.717, 1.165) is 11.1 Å². The van der Waals surface area contributed by atoms with E-state index in [2.05, 4.69) is 9.58 Å². The summed E-state index contributed by atoms with van der Waals surface area (Å²) in [7, 11) is 1.33. The third kappa shape index (κ3) is 2.67. The van der Waals surface area contributed by atoms with Crippen LogP contribution in [0.3, 0.4) is 0 Å². The smallest absolute Gasteiger partial charge is 0.309 e. The normalized spacial score (nSPS) is 17.1. The standard InChI is InChI=1S/C14H16N2O4/c1-15-13-11-4-3-9(14(18)19)7-10(11)8-16(13)6-5-12(17)20-2/h8-9H,3-7H2,2H3,(H,18,19). The number of carbonyl (C=O) groups is 2. The maximum Gasteiger partial charge on any atom is 0.309 e. The molecule has 0 saturated heterocycles. The van der Waals surface area contributed by atoms with Gasteiger partial charge in [0.1, 0.15) is 0 Å². The summed E-state index contributed by atoms with van der Waals surface area (Å²) in [6, 6.07) is 0. The van der Waals surface area contributed by atoms with E-state index in [1.54, 1.807) is 10.8 Å². The molecule has 0 amide bonds. The van der Waals surface area contributed by atoms with E-state index in [1.807, 2.05) is 0 Å². The first-order valence-electron chi connectivity index (χ1n) is 6.44. The number of aliphatic carboxylic acids is 1. The number of fused-ring (bicyclic) bond motifs is 1. The number of rotatable bonds is 4. The molecular formula is C14H16N2O4. The summed E-state index contributed by atoms with van der Waals surface area (Å²) >= 11 is 0. The summed E-state index contributed by atoms with van der Waals surface area (Å²) in [6.07, 6.45) is 3.63. The Morgan fingerprint density at radius 3 is 2.95 bits per heavy atom. The Labute approximate surface area is 116 Å². The summed E-state index contributed by atoms with van der Waals surface area (Å²) in [5.74, 6) is -0.969. The minimum atomic E-state index is -0.790. The minimum absolute atomic E-state index is 0.203. The lowest BCUT2D eigenvalue weighted by Crippen LogP contribution is -2.21. The zero-order valence-corrected chi connectivity index (χ0v) is 11.3. The van der Waals surface area contributed by atoms with Crippen molar-refractivity contribution in [3.63, 3.8) is 0 Å². The van der Waals surface area contributed by atoms with Gasteiger partial charge < -0.3 is 14.7 Å². The average Bonchev–Trinajstić information content (AvgIpc) is 2.80. The number of carboxylic acids is 1. The monoisotopic (exact) mass is 276 g/mol. The maximum absolute atomic E-state index is 11.2. The molecule has 1 unspecified atom stereocenters. The van der Waals surface area contributed by atoms with Crippen molar-refractivity contribution in [1.29, 1.82) is 0 Å². The molecule has 106 valence electrons. The first kappa shape index (κ1) is 14.1. The number of carboxylic acid groups (broad SMARTS) is 1. The molecule has 6 heteroatoms. The van der Waals surface area contributed by atoms with E-state index in [4.69, 9.17) is 11.7 Å². The highest BCUT2D eigenvalue weighted by atomic mass is 16.5. The molecule has 0 radical (unpaired) electrons. The molecular weight excluding hydrogens is 260 g/mol. The molecule has 0 aromatic carbocycles. The van der Waals surface area contributed by atoms with Crippen LogP contribution in [0, 0.1) is 12.5 Å². The number of ether oxygens (including phenoxy) is 1. The van der Waals surface area contributed by atoms with Crippen molar-refractivity contribution in [3.05, 3.63) is 28.7 Å². The van der Waals surface area contributed by atoms with Crippen molar-refractivity contribution in [2.24, 2.45) is 5.92 Å². The topological polar surface area (TPSA) is 72.9 Å². The van der Waals surface area contributed by atoms with Gasteiger partial charge in [0, 0.05) is 0 Å². The molecule has 1 aliphatic carbocycles. The summed E-state index contributed by atoms with van der Waals surface area (Å²) in [4.78, 5) is 25.8. The van der Waals surface area contributed by atoms with Crippen LogP contribution in [0.4, 0.5) is 5.82 Å². The number of hydrogen-bond donors (Lipinski definition) is 1. The second-order valence-electron chi connectivity index (χ2n) is 4.87. The van der Waals surface area contributed by atoms with E-state index in [0.29, 0.717) is 31.6 Å². The van der Waals surface area contributed by atoms with Crippen LogP contribution in [0.15, 0.2) is 6.20 Å². The molecule has 1 aromatic heterocycles. The molecule has 0 fully saturated rings. The van der Waals surface area contributed by atoms with Crippen molar-refractivity contribution in [3.8, 4) is 0 Å². The van der Waals surface area contributed by atoms with Crippen LogP contribution in [0.2, 0.25) is 0 Å². The SMILES string of the molecule is [C-]#[N+]c1c2c(cn1CCC(=O)OC)CC(C(=O)O)CC2. The number of esters is 1. The third-order valence-electron chi connectivity index (χ3n) is 3.69. The molecule has 1 aromatic rings. The number of aromatic nitrogens is 1. The van der Waals surface area contributed by atoms with E-state index >= 15 is 0 Å². The highest BCUT2D eigenvalue weighted by Crippen LogP contribution is 2.34. The first-order chi connectivity index (χ1) is 9.56. The predicted octanol–water partition coefficient (Wildman–Crippen LogP) is 1.79. The molecule has 2 rings (SSSR count). The van der Waals surface area contributed by atoms with Gasteiger partial charge in [-0.05, 0) is 30.4 Å².